The molecule has 25 aromatic rings. The molecule has 0 spiro atoms. The van der Waals surface area contributed by atoms with Crippen molar-refractivity contribution in [2.45, 2.75) is 131 Å². The third-order valence-corrected chi connectivity index (χ3v) is 29.6. The summed E-state index contributed by atoms with van der Waals surface area (Å²) >= 11 is 0. The van der Waals surface area contributed by atoms with Gasteiger partial charge < -0.3 is 0 Å². The first kappa shape index (κ1) is 95.8. The molecule has 25 aromatic carbocycles. The van der Waals surface area contributed by atoms with Crippen LogP contribution in [0.4, 0.5) is 0 Å². The molecule has 0 atom stereocenters. The van der Waals surface area contributed by atoms with Gasteiger partial charge in [0.25, 0.3) is 0 Å². The zero-order valence-electron chi connectivity index (χ0n) is 86.8. The maximum atomic E-state index is 2.45. The van der Waals surface area contributed by atoms with Crippen molar-refractivity contribution in [3.05, 3.63) is 519 Å². The molecule has 0 saturated carbocycles. The molecule has 710 valence electrons. The zero-order valence-corrected chi connectivity index (χ0v) is 86.8. The fourth-order valence-corrected chi connectivity index (χ4v) is 21.4. The van der Waals surface area contributed by atoms with Crippen LogP contribution in [0.25, 0.3) is 218 Å². The van der Waals surface area contributed by atoms with Crippen molar-refractivity contribution in [1.29, 1.82) is 0 Å². The minimum atomic E-state index is 0.0511. The van der Waals surface area contributed by atoms with Crippen LogP contribution in [0.1, 0.15) is 132 Å². The lowest BCUT2D eigenvalue weighted by Crippen LogP contribution is -2.11. The molecule has 0 aromatic heterocycles. The molecule has 0 amide bonds. The summed E-state index contributed by atoms with van der Waals surface area (Å²) < 4.78 is 0. The SMILES string of the molecule is CC(C)(C)c1cc(-c2ccc3ccccc3c2)cc(-c2ccc3ccccc3c2)c1.CC(C)(C)c1ccc(-c2cc(-c3ccccc3)cc(-c3ccccc3)c2)cc1.CC(C)(C)c1ccc(-c2ccc3c4ccccc4c4ccccc4c3c2)cc1.CC(C)(C)c1ccc2c(-c3cccc4ccccc34)c3ccccc3c(-c3cccc4ccccc34)c2c1.CC(C)(C)c1ccc2c3ccccc3c3ccccc3c2c1. The molecule has 0 radical (unpaired) electrons. The second kappa shape index (κ2) is 39.7. The molecule has 0 aliphatic rings. The molecule has 0 fully saturated rings. The Kier molecular flexibility index (Phi) is 26.1. The Morgan fingerprint density at radius 3 is 0.699 bits per heavy atom. The molecule has 0 aliphatic heterocycles. The van der Waals surface area contributed by atoms with E-state index in [1.54, 1.807) is 0 Å². The normalized spacial score (nSPS) is 11.9. The van der Waals surface area contributed by atoms with E-state index in [0.717, 1.165) is 0 Å². The number of rotatable bonds is 8. The summed E-state index contributed by atoms with van der Waals surface area (Å²) in [4.78, 5) is 0. The van der Waals surface area contributed by atoms with Gasteiger partial charge in [-0.25, -0.2) is 0 Å². The summed E-state index contributed by atoms with van der Waals surface area (Å²) in [5.74, 6) is 0. The topological polar surface area (TPSA) is 0 Å². The highest BCUT2D eigenvalue weighted by Gasteiger charge is 2.26. The largest absolute Gasteiger partial charge is 0.0622 e. The van der Waals surface area contributed by atoms with Gasteiger partial charge in [0.2, 0.25) is 0 Å². The Labute approximate surface area is 862 Å². The Bertz CT molecular complexity index is 8960. The lowest BCUT2D eigenvalue weighted by Gasteiger charge is -2.23. The standard InChI is InChI=1S/C38H30.C30H26.C28H24.C28H26.C22H20/c1-38(2,3)27-22-23-34-35(24-27)37(31-21-11-15-26-13-5-7-17-29(26)31)33-19-9-8-18-32(33)36(34)30-20-10-14-25-12-4-6-16-28(25)30;1-30(2,3)29-19-27(25-14-12-21-8-4-6-10-23(21)16-25)18-28(20-29)26-15-13-22-9-5-7-11-24(22)17-26;1-28(2,3)21-15-12-19(13-16-21)20-14-17-26-24-10-5-4-8-22(24)23-9-6-7-11-25(23)27(26)18-20;1-28(2,3)27-16-14-23(15-17-27)26-19-24(21-10-6-4-7-11-21)18-25(20-26)22-12-8-5-9-13-22;1-22(2,3)15-12-13-20-18-10-5-4-8-16(18)17-9-6-7-11-19(17)21(20)14-15/h4-24H,1-3H3;4-20H,1-3H3;4-18H,1-3H3;4-20H,1-3H3;4-14H,1-3H3. The molecule has 0 unspecified atom stereocenters. The highest BCUT2D eigenvalue weighted by molar-refractivity contribution is 6.28. The summed E-state index contributed by atoms with van der Waals surface area (Å²) in [6.45, 7) is 34.1. The van der Waals surface area contributed by atoms with E-state index in [4.69, 9.17) is 0 Å². The molecule has 0 heteroatoms. The summed E-state index contributed by atoms with van der Waals surface area (Å²) in [5, 5.41) is 31.5. The lowest BCUT2D eigenvalue weighted by atomic mass is 9.80. The van der Waals surface area contributed by atoms with E-state index in [2.05, 4.69) is 595 Å². The number of benzene rings is 25. The molecule has 0 nitrogen and oxygen atoms in total. The van der Waals surface area contributed by atoms with Crippen LogP contribution in [0.15, 0.2) is 491 Å². The third kappa shape index (κ3) is 19.8. The van der Waals surface area contributed by atoms with E-state index in [0.29, 0.717) is 0 Å². The molecule has 146 heavy (non-hydrogen) atoms. The minimum absolute atomic E-state index is 0.0511. The maximum absolute atomic E-state index is 2.45. The van der Waals surface area contributed by atoms with Crippen molar-refractivity contribution < 1.29 is 0 Å². The van der Waals surface area contributed by atoms with Crippen molar-refractivity contribution >= 4 is 129 Å². The van der Waals surface area contributed by atoms with Crippen LogP contribution in [0, 0.1) is 0 Å². The molecular formula is C146H126. The van der Waals surface area contributed by atoms with Gasteiger partial charge in [-0.05, 0) is 328 Å². The summed E-state index contributed by atoms with van der Waals surface area (Å²) in [5.41, 5.74) is 27.8. The predicted octanol–water partition coefficient (Wildman–Crippen LogP) is 42.1. The van der Waals surface area contributed by atoms with E-state index in [-0.39, 0.29) is 27.1 Å². The van der Waals surface area contributed by atoms with E-state index < -0.39 is 0 Å². The van der Waals surface area contributed by atoms with Gasteiger partial charge in [-0.3, -0.25) is 0 Å². The minimum Gasteiger partial charge on any atom is -0.0622 e. The smallest absolute Gasteiger partial charge is 0.00200 e. The highest BCUT2D eigenvalue weighted by atomic mass is 14.3. The predicted molar refractivity (Wildman–Crippen MR) is 639 cm³/mol. The van der Waals surface area contributed by atoms with Crippen LogP contribution < -0.4 is 0 Å². The molecular weight excluding hydrogens is 1750 g/mol. The zero-order chi connectivity index (χ0) is 101. The average Bonchev–Trinajstić information content (AvgIpc) is 0.694. The molecule has 0 N–H and O–H groups in total. The van der Waals surface area contributed by atoms with Gasteiger partial charge >= 0.3 is 0 Å². The first-order chi connectivity index (χ1) is 70.6. The van der Waals surface area contributed by atoms with Crippen molar-refractivity contribution in [3.8, 4) is 89.0 Å². The van der Waals surface area contributed by atoms with Crippen LogP contribution >= 0.6 is 0 Å². The summed E-state index contributed by atoms with van der Waals surface area (Å²) in [7, 11) is 0. The van der Waals surface area contributed by atoms with E-state index in [1.165, 1.54) is 246 Å². The van der Waals surface area contributed by atoms with Crippen molar-refractivity contribution in [3.63, 3.8) is 0 Å². The van der Waals surface area contributed by atoms with E-state index in [1.807, 2.05) is 0 Å². The Balaban J connectivity index is 0.000000108. The summed E-state index contributed by atoms with van der Waals surface area (Å²) in [6, 6.07) is 180. The number of hydrogen-bond donors (Lipinski definition) is 0. The Morgan fingerprint density at radius 1 is 0.103 bits per heavy atom. The molecule has 0 aliphatic carbocycles. The van der Waals surface area contributed by atoms with Gasteiger partial charge in [0.05, 0.1) is 0 Å². The second-order valence-corrected chi connectivity index (χ2v) is 44.7. The first-order valence-corrected chi connectivity index (χ1v) is 51.8. The monoisotopic (exact) mass is 1880 g/mol. The number of fused-ring (bicyclic) bond motifs is 18. The van der Waals surface area contributed by atoms with Crippen molar-refractivity contribution in [2.24, 2.45) is 0 Å². The van der Waals surface area contributed by atoms with Gasteiger partial charge in [-0.15, -0.1) is 0 Å². The number of hydrogen-bond acceptors (Lipinski definition) is 0. The van der Waals surface area contributed by atoms with Crippen LogP contribution in [0.2, 0.25) is 0 Å². The highest BCUT2D eigenvalue weighted by Crippen LogP contribution is 2.50. The van der Waals surface area contributed by atoms with Gasteiger partial charge in [0, 0.05) is 0 Å². The fourth-order valence-electron chi connectivity index (χ4n) is 21.4. The van der Waals surface area contributed by atoms with Gasteiger partial charge in [-0.2, -0.15) is 0 Å². The molecule has 0 heterocycles. The van der Waals surface area contributed by atoms with Gasteiger partial charge in [-0.1, -0.05) is 541 Å². The fraction of sp³-hybridized carbons (Fsp3) is 0.137. The second-order valence-electron chi connectivity index (χ2n) is 44.7. The molecule has 0 saturated heterocycles. The van der Waals surface area contributed by atoms with Gasteiger partial charge in [0.15, 0.2) is 0 Å². The summed E-state index contributed by atoms with van der Waals surface area (Å²) in [6.07, 6.45) is 0. The van der Waals surface area contributed by atoms with E-state index >= 15 is 0 Å². The Hall–Kier alpha value is -16.4. The van der Waals surface area contributed by atoms with Gasteiger partial charge in [0.1, 0.15) is 0 Å². The van der Waals surface area contributed by atoms with Crippen LogP contribution in [0.3, 0.4) is 0 Å². The maximum Gasteiger partial charge on any atom is -0.00200 e. The van der Waals surface area contributed by atoms with Crippen LogP contribution in [-0.4, -0.2) is 0 Å². The first-order valence-electron chi connectivity index (χ1n) is 51.8. The lowest BCUT2D eigenvalue weighted by molar-refractivity contribution is 0.590. The van der Waals surface area contributed by atoms with E-state index in [9.17, 15) is 0 Å². The van der Waals surface area contributed by atoms with Crippen LogP contribution in [-0.2, 0) is 27.1 Å². The van der Waals surface area contributed by atoms with Crippen molar-refractivity contribution in [1.82, 2.24) is 0 Å². The average molecular weight is 1880 g/mol. The third-order valence-electron chi connectivity index (χ3n) is 29.6. The molecule has 25 rings (SSSR count). The quantitative estimate of drug-likeness (QED) is 0.105. The Morgan fingerprint density at radius 2 is 0.329 bits per heavy atom. The van der Waals surface area contributed by atoms with Crippen molar-refractivity contribution in [2.75, 3.05) is 0 Å². The molecule has 0 bridgehead atoms. The van der Waals surface area contributed by atoms with Crippen LogP contribution in [0.5, 0.6) is 0 Å².